The van der Waals surface area contributed by atoms with Crippen LogP contribution in [0.5, 0.6) is 0 Å². The number of nitrogens with one attached hydrogen (secondary N) is 1. The van der Waals surface area contributed by atoms with Gasteiger partial charge in [-0.05, 0) is 24.6 Å². The summed E-state index contributed by atoms with van der Waals surface area (Å²) in [7, 11) is 0. The number of carboxylic acid groups (broad SMARTS) is 1. The highest BCUT2D eigenvalue weighted by atomic mass is 79.9. The van der Waals surface area contributed by atoms with Crippen LogP contribution in [0.2, 0.25) is 0 Å². The van der Waals surface area contributed by atoms with Crippen LogP contribution < -0.4 is 5.32 Å². The molecule has 23 heavy (non-hydrogen) atoms. The van der Waals surface area contributed by atoms with Gasteiger partial charge in [0, 0.05) is 24.0 Å². The molecule has 1 saturated heterocycles. The normalized spacial score (nSPS) is 18.8. The molecule has 0 aliphatic carbocycles. The van der Waals surface area contributed by atoms with Crippen LogP contribution in [0.1, 0.15) is 31.4 Å². The molecule has 1 aliphatic heterocycles. The average molecular weight is 383 g/mol. The van der Waals surface area contributed by atoms with Crippen molar-refractivity contribution >= 4 is 33.7 Å². The number of rotatable bonds is 6. The highest BCUT2D eigenvalue weighted by molar-refractivity contribution is 9.10. The number of nitrogens with zero attached hydrogens (tertiary/aromatic N) is 1. The molecule has 2 atom stereocenters. The van der Waals surface area contributed by atoms with Gasteiger partial charge in [0.25, 0.3) is 0 Å². The first-order valence-corrected chi connectivity index (χ1v) is 8.25. The first-order chi connectivity index (χ1) is 10.9. The lowest BCUT2D eigenvalue weighted by molar-refractivity contribution is -0.138. The lowest BCUT2D eigenvalue weighted by atomic mass is 10.0. The highest BCUT2D eigenvalue weighted by Gasteiger charge is 2.34. The molecular weight excluding hydrogens is 364 g/mol. The molecule has 2 amide bonds. The maximum atomic E-state index is 12.4. The molecule has 2 unspecified atom stereocenters. The predicted octanol–water partition coefficient (Wildman–Crippen LogP) is 1.95. The van der Waals surface area contributed by atoms with E-state index < -0.39 is 17.9 Å². The van der Waals surface area contributed by atoms with Crippen LogP contribution in [0.4, 0.5) is 0 Å². The third-order valence-electron chi connectivity index (χ3n) is 3.91. The van der Waals surface area contributed by atoms with Gasteiger partial charge in [-0.15, -0.1) is 0 Å². The molecule has 7 heteroatoms. The van der Waals surface area contributed by atoms with Crippen molar-refractivity contribution in [1.29, 1.82) is 0 Å². The van der Waals surface area contributed by atoms with E-state index in [1.54, 1.807) is 23.1 Å². The smallest absolute Gasteiger partial charge is 0.305 e. The van der Waals surface area contributed by atoms with Crippen molar-refractivity contribution in [2.75, 3.05) is 13.1 Å². The van der Waals surface area contributed by atoms with Crippen LogP contribution in [0.15, 0.2) is 28.7 Å². The number of carbonyl (C=O) groups excluding carboxylic acids is 2. The number of likely N-dealkylation sites (tertiary alicyclic amines) is 1. The maximum absolute atomic E-state index is 12.4. The molecule has 1 aromatic rings. The SMILES string of the molecule is CCN1CC(C(=O)NC(CC(=O)O)c2cccc(Br)c2)CC1=O. The van der Waals surface area contributed by atoms with E-state index >= 15 is 0 Å². The van der Waals surface area contributed by atoms with Crippen molar-refractivity contribution in [3.63, 3.8) is 0 Å². The fourth-order valence-corrected chi connectivity index (χ4v) is 3.11. The molecular formula is C16H19BrN2O4. The van der Waals surface area contributed by atoms with Crippen molar-refractivity contribution in [1.82, 2.24) is 10.2 Å². The largest absolute Gasteiger partial charge is 0.481 e. The number of carbonyl (C=O) groups is 3. The standard InChI is InChI=1S/C16H19BrN2O4/c1-2-19-9-11(7-14(19)20)16(23)18-13(8-15(21)22)10-4-3-5-12(17)6-10/h3-6,11,13H,2,7-9H2,1H3,(H,18,23)(H,21,22). The van der Waals surface area contributed by atoms with E-state index in [1.807, 2.05) is 13.0 Å². The zero-order valence-electron chi connectivity index (χ0n) is 12.8. The Balaban J connectivity index is 2.10. The van der Waals surface area contributed by atoms with E-state index in [2.05, 4.69) is 21.2 Å². The number of carboxylic acids is 1. The summed E-state index contributed by atoms with van der Waals surface area (Å²) in [5.74, 6) is -1.73. The zero-order valence-corrected chi connectivity index (χ0v) is 14.4. The van der Waals surface area contributed by atoms with Crippen LogP contribution in [0.3, 0.4) is 0 Å². The number of hydrogen-bond acceptors (Lipinski definition) is 3. The third kappa shape index (κ3) is 4.54. The summed E-state index contributed by atoms with van der Waals surface area (Å²) < 4.78 is 0.813. The molecule has 1 fully saturated rings. The lowest BCUT2D eigenvalue weighted by Gasteiger charge is -2.20. The lowest BCUT2D eigenvalue weighted by Crippen LogP contribution is -2.36. The second kappa shape index (κ2) is 7.59. The van der Waals surface area contributed by atoms with Gasteiger partial charge < -0.3 is 15.3 Å². The van der Waals surface area contributed by atoms with Crippen LogP contribution in [0.25, 0.3) is 0 Å². The van der Waals surface area contributed by atoms with Crippen molar-refractivity contribution in [2.24, 2.45) is 5.92 Å². The van der Waals surface area contributed by atoms with Gasteiger partial charge in [-0.1, -0.05) is 28.1 Å². The fourth-order valence-electron chi connectivity index (χ4n) is 2.69. The van der Waals surface area contributed by atoms with E-state index in [9.17, 15) is 14.4 Å². The zero-order chi connectivity index (χ0) is 17.0. The molecule has 1 aliphatic rings. The maximum Gasteiger partial charge on any atom is 0.305 e. The minimum Gasteiger partial charge on any atom is -0.481 e. The highest BCUT2D eigenvalue weighted by Crippen LogP contribution is 2.23. The van der Waals surface area contributed by atoms with Crippen molar-refractivity contribution < 1.29 is 19.5 Å². The summed E-state index contributed by atoms with van der Waals surface area (Å²) in [5.41, 5.74) is 0.715. The number of halogens is 1. The summed E-state index contributed by atoms with van der Waals surface area (Å²) >= 11 is 3.34. The van der Waals surface area contributed by atoms with Gasteiger partial charge in [0.15, 0.2) is 0 Å². The van der Waals surface area contributed by atoms with E-state index in [-0.39, 0.29) is 24.7 Å². The molecule has 124 valence electrons. The quantitative estimate of drug-likeness (QED) is 0.786. The average Bonchev–Trinajstić information content (AvgIpc) is 2.87. The van der Waals surface area contributed by atoms with Crippen LogP contribution in [-0.2, 0) is 14.4 Å². The molecule has 0 spiro atoms. The van der Waals surface area contributed by atoms with Crippen LogP contribution in [0, 0.1) is 5.92 Å². The Morgan fingerprint density at radius 1 is 1.48 bits per heavy atom. The Labute approximate surface area is 143 Å². The minimum absolute atomic E-state index is 0.0371. The van der Waals surface area contributed by atoms with Gasteiger partial charge in [-0.25, -0.2) is 0 Å². The van der Waals surface area contributed by atoms with E-state index in [0.717, 1.165) is 4.47 Å². The Hall–Kier alpha value is -1.89. The van der Waals surface area contributed by atoms with Crippen molar-refractivity contribution in [2.45, 2.75) is 25.8 Å². The number of benzene rings is 1. The van der Waals surface area contributed by atoms with Crippen molar-refractivity contribution in [3.05, 3.63) is 34.3 Å². The van der Waals surface area contributed by atoms with E-state index in [4.69, 9.17) is 5.11 Å². The Bertz CT molecular complexity index is 620. The van der Waals surface area contributed by atoms with Gasteiger partial charge in [-0.2, -0.15) is 0 Å². The van der Waals surface area contributed by atoms with Gasteiger partial charge in [0.2, 0.25) is 11.8 Å². The van der Waals surface area contributed by atoms with Crippen molar-refractivity contribution in [3.8, 4) is 0 Å². The molecule has 0 saturated carbocycles. The Morgan fingerprint density at radius 3 is 2.78 bits per heavy atom. The van der Waals surface area contributed by atoms with Crippen LogP contribution in [-0.4, -0.2) is 40.9 Å². The molecule has 2 rings (SSSR count). The molecule has 0 bridgehead atoms. The fraction of sp³-hybridized carbons (Fsp3) is 0.438. The number of aliphatic carboxylic acids is 1. The summed E-state index contributed by atoms with van der Waals surface area (Å²) in [6, 6.07) is 6.56. The predicted molar refractivity (Wildman–Crippen MR) is 87.6 cm³/mol. The molecule has 1 heterocycles. The first kappa shape index (κ1) is 17.5. The summed E-state index contributed by atoms with van der Waals surface area (Å²) in [4.78, 5) is 36.9. The number of amides is 2. The molecule has 6 nitrogen and oxygen atoms in total. The number of hydrogen-bond donors (Lipinski definition) is 2. The minimum atomic E-state index is -0.993. The molecule has 1 aromatic carbocycles. The summed E-state index contributed by atoms with van der Waals surface area (Å²) in [5, 5.41) is 11.9. The summed E-state index contributed by atoms with van der Waals surface area (Å²) in [6.45, 7) is 2.83. The van der Waals surface area contributed by atoms with Gasteiger partial charge >= 0.3 is 5.97 Å². The van der Waals surface area contributed by atoms with Gasteiger partial charge in [-0.3, -0.25) is 14.4 Å². The topological polar surface area (TPSA) is 86.7 Å². The second-order valence-electron chi connectivity index (χ2n) is 5.55. The molecule has 0 aromatic heterocycles. The second-order valence-corrected chi connectivity index (χ2v) is 6.46. The van der Waals surface area contributed by atoms with Gasteiger partial charge in [0.05, 0.1) is 18.4 Å². The van der Waals surface area contributed by atoms with E-state index in [0.29, 0.717) is 18.7 Å². The first-order valence-electron chi connectivity index (χ1n) is 7.46. The van der Waals surface area contributed by atoms with Crippen LogP contribution >= 0.6 is 15.9 Å². The summed E-state index contributed by atoms with van der Waals surface area (Å²) in [6.07, 6.45) is -0.0295. The third-order valence-corrected chi connectivity index (χ3v) is 4.41. The molecule has 2 N–H and O–H groups in total. The Kier molecular flexibility index (Phi) is 5.76. The van der Waals surface area contributed by atoms with E-state index in [1.165, 1.54) is 0 Å². The monoisotopic (exact) mass is 382 g/mol. The molecule has 0 radical (unpaired) electrons. The Morgan fingerprint density at radius 2 is 2.22 bits per heavy atom. The van der Waals surface area contributed by atoms with Gasteiger partial charge in [0.1, 0.15) is 0 Å².